The molecule has 10 aliphatic carbocycles. The average Bonchev–Trinajstić information content (AvgIpc) is 2.83. The summed E-state index contributed by atoms with van der Waals surface area (Å²) >= 11 is 0. The number of amides is 2. The maximum atomic E-state index is 14.2. The molecular weight excluding hydrogens is 444 g/mol. The summed E-state index contributed by atoms with van der Waals surface area (Å²) in [6.45, 7) is 0. The van der Waals surface area contributed by atoms with E-state index >= 15 is 0 Å². The SMILES string of the molecule is O=C(NC1CCC2CCCCC2C1NC(=O)C12CC3CC(CC(C3)C1)C2)C12CC3CC(CC(C3)C1)C2. The standard InChI is InChI=1S/C32H48N2O2/c35-29(31-13-19-7-20(14-31)9-21(8-19)15-31)33-27-6-5-25-3-1-2-4-26(25)28(27)34-30(36)32-16-22-10-23(17-32)12-24(11-22)18-32/h19-28H,1-18H2,(H,33,35)(H,34,36). The molecule has 10 fully saturated rings. The van der Waals surface area contributed by atoms with Crippen molar-refractivity contribution in [3.05, 3.63) is 0 Å². The zero-order valence-corrected chi connectivity index (χ0v) is 22.3. The highest BCUT2D eigenvalue weighted by Crippen LogP contribution is 2.61. The molecule has 0 heterocycles. The lowest BCUT2D eigenvalue weighted by atomic mass is 9.49. The third kappa shape index (κ3) is 3.58. The minimum Gasteiger partial charge on any atom is -0.351 e. The van der Waals surface area contributed by atoms with Crippen LogP contribution in [0, 0.1) is 58.2 Å². The van der Waals surface area contributed by atoms with Crippen LogP contribution >= 0.6 is 0 Å². The second-order valence-corrected chi connectivity index (χ2v) is 15.8. The van der Waals surface area contributed by atoms with E-state index in [9.17, 15) is 9.59 Å². The van der Waals surface area contributed by atoms with E-state index in [1.54, 1.807) is 0 Å². The van der Waals surface area contributed by atoms with E-state index in [4.69, 9.17) is 0 Å². The maximum absolute atomic E-state index is 14.2. The summed E-state index contributed by atoms with van der Waals surface area (Å²) < 4.78 is 0. The molecule has 4 heteroatoms. The molecule has 0 aromatic rings. The molecule has 0 radical (unpaired) electrons. The second kappa shape index (κ2) is 8.22. The van der Waals surface area contributed by atoms with Gasteiger partial charge in [-0.05, 0) is 144 Å². The van der Waals surface area contributed by atoms with Crippen molar-refractivity contribution in [2.24, 2.45) is 58.2 Å². The first-order valence-corrected chi connectivity index (χ1v) is 16.1. The van der Waals surface area contributed by atoms with Crippen molar-refractivity contribution in [2.45, 2.75) is 128 Å². The topological polar surface area (TPSA) is 58.2 Å². The number of hydrogen-bond donors (Lipinski definition) is 2. The van der Waals surface area contributed by atoms with Crippen LogP contribution in [0.1, 0.15) is 116 Å². The molecule has 0 aromatic carbocycles. The van der Waals surface area contributed by atoms with Gasteiger partial charge in [0.25, 0.3) is 0 Å². The Morgan fingerprint density at radius 3 is 1.47 bits per heavy atom. The van der Waals surface area contributed by atoms with Gasteiger partial charge in [-0.25, -0.2) is 0 Å². The van der Waals surface area contributed by atoms with Gasteiger partial charge in [-0.2, -0.15) is 0 Å². The fourth-order valence-electron chi connectivity index (χ4n) is 12.7. The minimum atomic E-state index is -0.0924. The smallest absolute Gasteiger partial charge is 0.226 e. The average molecular weight is 493 g/mol. The van der Waals surface area contributed by atoms with Gasteiger partial charge in [-0.15, -0.1) is 0 Å². The zero-order valence-electron chi connectivity index (χ0n) is 22.3. The van der Waals surface area contributed by atoms with Gasteiger partial charge in [0.1, 0.15) is 0 Å². The molecule has 0 saturated heterocycles. The van der Waals surface area contributed by atoms with Crippen LogP contribution in [0.3, 0.4) is 0 Å². The maximum Gasteiger partial charge on any atom is 0.226 e. The third-order valence-electron chi connectivity index (χ3n) is 13.4. The lowest BCUT2D eigenvalue weighted by Gasteiger charge is -2.57. The van der Waals surface area contributed by atoms with Crippen LogP contribution in [0.4, 0.5) is 0 Å². The summed E-state index contributed by atoms with van der Waals surface area (Å²) in [5.74, 6) is 6.82. The third-order valence-corrected chi connectivity index (χ3v) is 13.4. The monoisotopic (exact) mass is 492 g/mol. The second-order valence-electron chi connectivity index (χ2n) is 15.8. The quantitative estimate of drug-likeness (QED) is 0.506. The molecule has 0 spiro atoms. The highest BCUT2D eigenvalue weighted by Gasteiger charge is 2.57. The molecule has 4 unspecified atom stereocenters. The first-order valence-electron chi connectivity index (χ1n) is 16.1. The van der Waals surface area contributed by atoms with Gasteiger partial charge in [0.05, 0.1) is 6.04 Å². The number of carbonyl (C=O) groups excluding carboxylic acids is 2. The minimum absolute atomic E-state index is 0.0906. The van der Waals surface area contributed by atoms with Crippen LogP contribution in [0.15, 0.2) is 0 Å². The molecule has 2 amide bonds. The zero-order chi connectivity index (χ0) is 24.1. The summed E-state index contributed by atoms with van der Waals surface area (Å²) in [7, 11) is 0. The lowest BCUT2D eigenvalue weighted by molar-refractivity contribution is -0.151. The Morgan fingerprint density at radius 2 is 0.972 bits per heavy atom. The Balaban J connectivity index is 1.03. The molecule has 0 aliphatic heterocycles. The van der Waals surface area contributed by atoms with Crippen LogP contribution in [0.25, 0.3) is 0 Å². The summed E-state index contributed by atoms with van der Waals surface area (Å²) in [5, 5.41) is 7.44. The largest absolute Gasteiger partial charge is 0.351 e. The van der Waals surface area contributed by atoms with Gasteiger partial charge in [0.15, 0.2) is 0 Å². The summed E-state index contributed by atoms with van der Waals surface area (Å²) in [5.41, 5.74) is -0.183. The Bertz CT molecular complexity index is 855. The van der Waals surface area contributed by atoms with Gasteiger partial charge >= 0.3 is 0 Å². The summed E-state index contributed by atoms with van der Waals surface area (Å²) in [6, 6.07) is 0.296. The molecular formula is C32H48N2O2. The highest BCUT2D eigenvalue weighted by molar-refractivity contribution is 5.85. The van der Waals surface area contributed by atoms with E-state index in [2.05, 4.69) is 10.6 Å². The van der Waals surface area contributed by atoms with E-state index in [-0.39, 0.29) is 22.9 Å². The van der Waals surface area contributed by atoms with Crippen LogP contribution in [0.5, 0.6) is 0 Å². The van der Waals surface area contributed by atoms with Crippen LogP contribution in [0.2, 0.25) is 0 Å². The van der Waals surface area contributed by atoms with E-state index < -0.39 is 0 Å². The van der Waals surface area contributed by atoms with Crippen LogP contribution in [-0.4, -0.2) is 23.9 Å². The van der Waals surface area contributed by atoms with Crippen LogP contribution in [-0.2, 0) is 9.59 Å². The van der Waals surface area contributed by atoms with Crippen molar-refractivity contribution in [1.82, 2.24) is 10.6 Å². The van der Waals surface area contributed by atoms with Crippen LogP contribution < -0.4 is 10.6 Å². The van der Waals surface area contributed by atoms with E-state index in [1.807, 2.05) is 0 Å². The van der Waals surface area contributed by atoms with Gasteiger partial charge in [0.2, 0.25) is 11.8 Å². The fourth-order valence-corrected chi connectivity index (χ4v) is 12.7. The van der Waals surface area contributed by atoms with Crippen molar-refractivity contribution in [2.75, 3.05) is 0 Å². The predicted octanol–water partition coefficient (Wildman–Crippen LogP) is 5.99. The molecule has 4 atom stereocenters. The number of nitrogens with one attached hydrogen (secondary N) is 2. The molecule has 2 N–H and O–H groups in total. The van der Waals surface area contributed by atoms with E-state index in [0.717, 1.165) is 86.4 Å². The molecule has 10 aliphatic rings. The number of carbonyl (C=O) groups is 2. The van der Waals surface area contributed by atoms with Crippen molar-refractivity contribution < 1.29 is 9.59 Å². The summed E-state index contributed by atoms with van der Waals surface area (Å²) in [6.07, 6.45) is 22.6. The van der Waals surface area contributed by atoms with E-state index in [0.29, 0.717) is 17.7 Å². The predicted molar refractivity (Wildman–Crippen MR) is 140 cm³/mol. The van der Waals surface area contributed by atoms with Gasteiger partial charge in [-0.1, -0.05) is 19.3 Å². The highest BCUT2D eigenvalue weighted by atomic mass is 16.2. The van der Waals surface area contributed by atoms with Gasteiger partial charge in [0, 0.05) is 16.9 Å². The lowest BCUT2D eigenvalue weighted by Crippen LogP contribution is -2.64. The summed E-state index contributed by atoms with van der Waals surface area (Å²) in [4.78, 5) is 28.2. The van der Waals surface area contributed by atoms with Crippen molar-refractivity contribution in [1.29, 1.82) is 0 Å². The van der Waals surface area contributed by atoms with Crippen molar-refractivity contribution in [3.63, 3.8) is 0 Å². The molecule has 4 nitrogen and oxygen atoms in total. The number of fused-ring (bicyclic) bond motifs is 1. The molecule has 198 valence electrons. The first-order chi connectivity index (χ1) is 17.5. The normalized spacial score (nSPS) is 54.2. The van der Waals surface area contributed by atoms with Gasteiger partial charge < -0.3 is 10.6 Å². The van der Waals surface area contributed by atoms with Crippen molar-refractivity contribution in [3.8, 4) is 0 Å². The fraction of sp³-hybridized carbons (Fsp3) is 0.938. The van der Waals surface area contributed by atoms with Gasteiger partial charge in [-0.3, -0.25) is 9.59 Å². The number of rotatable bonds is 4. The first kappa shape index (κ1) is 22.9. The molecule has 0 aromatic heterocycles. The Kier molecular flexibility index (Phi) is 5.22. The molecule has 10 saturated carbocycles. The molecule has 36 heavy (non-hydrogen) atoms. The van der Waals surface area contributed by atoms with E-state index in [1.165, 1.54) is 70.6 Å². The number of hydrogen-bond acceptors (Lipinski definition) is 2. The molecule has 10 rings (SSSR count). The Morgan fingerprint density at radius 1 is 0.528 bits per heavy atom. The van der Waals surface area contributed by atoms with Crippen molar-refractivity contribution >= 4 is 11.8 Å². The Hall–Kier alpha value is -1.06. The molecule has 8 bridgehead atoms. The Labute approximate surface area is 217 Å².